The van der Waals surface area contributed by atoms with E-state index >= 15 is 0 Å². The number of piperazine rings is 1. The van der Waals surface area contributed by atoms with Crippen molar-refractivity contribution in [2.24, 2.45) is 7.05 Å². The van der Waals surface area contributed by atoms with Gasteiger partial charge in [0.15, 0.2) is 5.69 Å². The lowest BCUT2D eigenvalue weighted by atomic mass is 10.0. The molecule has 0 bridgehead atoms. The fourth-order valence-electron chi connectivity index (χ4n) is 3.21. The van der Waals surface area contributed by atoms with Gasteiger partial charge in [-0.1, -0.05) is 25.8 Å². The summed E-state index contributed by atoms with van der Waals surface area (Å²) in [6.07, 6.45) is 2.63. The quantitative estimate of drug-likeness (QED) is 0.824. The summed E-state index contributed by atoms with van der Waals surface area (Å²) in [7, 11) is 3.65. The second-order valence-corrected chi connectivity index (χ2v) is 7.38. The molecule has 0 unspecified atom stereocenters. The molecule has 0 N–H and O–H groups in total. The predicted molar refractivity (Wildman–Crippen MR) is 98.5 cm³/mol. The predicted octanol–water partition coefficient (Wildman–Crippen LogP) is 2.62. The minimum absolute atomic E-state index is 0.0301. The van der Waals surface area contributed by atoms with Crippen LogP contribution in [0.3, 0.4) is 0 Å². The molecule has 3 heterocycles. The number of nitrogens with zero attached hydrogens (tertiary/aromatic N) is 4. The Morgan fingerprint density at radius 3 is 2.84 bits per heavy atom. The molecule has 6 nitrogen and oxygen atoms in total. The molecule has 2 amide bonds. The van der Waals surface area contributed by atoms with E-state index in [1.165, 1.54) is 0 Å². The Kier molecular flexibility index (Phi) is 5.22. The highest BCUT2D eigenvalue weighted by Gasteiger charge is 2.36. The molecule has 25 heavy (non-hydrogen) atoms. The van der Waals surface area contributed by atoms with Crippen molar-refractivity contribution >= 4 is 23.2 Å². The number of carbonyl (C=O) groups excluding carboxylic acids is 2. The first-order chi connectivity index (χ1) is 12.0. The number of unbranched alkanes of at least 4 members (excludes halogenated alkanes) is 1. The summed E-state index contributed by atoms with van der Waals surface area (Å²) in [6, 6.07) is 5.44. The van der Waals surface area contributed by atoms with E-state index in [4.69, 9.17) is 0 Å². The van der Waals surface area contributed by atoms with E-state index in [0.29, 0.717) is 25.2 Å². The fourth-order valence-corrected chi connectivity index (χ4v) is 3.98. The van der Waals surface area contributed by atoms with Crippen molar-refractivity contribution in [2.45, 2.75) is 32.2 Å². The topological polar surface area (TPSA) is 58.4 Å². The number of likely N-dealkylation sites (N-methyl/N-ethyl adjacent to an activating group) is 1. The van der Waals surface area contributed by atoms with Gasteiger partial charge in [-0.3, -0.25) is 14.3 Å². The van der Waals surface area contributed by atoms with Gasteiger partial charge >= 0.3 is 0 Å². The van der Waals surface area contributed by atoms with Gasteiger partial charge in [-0.15, -0.1) is 11.3 Å². The van der Waals surface area contributed by atoms with E-state index in [2.05, 4.69) is 12.0 Å². The van der Waals surface area contributed by atoms with Gasteiger partial charge in [-0.25, -0.2) is 0 Å². The average Bonchev–Trinajstić information content (AvgIpc) is 3.25. The molecular formula is C18H24N4O2S. The zero-order valence-corrected chi connectivity index (χ0v) is 15.8. The van der Waals surface area contributed by atoms with Crippen LogP contribution in [0.4, 0.5) is 0 Å². The molecule has 0 radical (unpaired) electrons. The van der Waals surface area contributed by atoms with Crippen LogP contribution in [0.25, 0.3) is 10.6 Å². The van der Waals surface area contributed by atoms with E-state index in [0.717, 1.165) is 23.4 Å². The SMILES string of the molecule is CCCC[C@@H]1C(=O)N(C)CCN1C(=O)c1cc(-c2cccs2)n(C)n1. The molecular weight excluding hydrogens is 336 g/mol. The Labute approximate surface area is 152 Å². The van der Waals surface area contributed by atoms with Gasteiger partial charge in [0.25, 0.3) is 5.91 Å². The number of rotatable bonds is 5. The summed E-state index contributed by atoms with van der Waals surface area (Å²) in [6.45, 7) is 3.22. The molecule has 1 atom stereocenters. The monoisotopic (exact) mass is 360 g/mol. The standard InChI is InChI=1S/C18H24N4O2S/c1-4-5-7-14-18(24)20(2)9-10-22(14)17(23)13-12-15(21(3)19-13)16-8-6-11-25-16/h6,8,11-12,14H,4-5,7,9-10H2,1-3H3/t14-/m1/s1. The van der Waals surface area contributed by atoms with Gasteiger partial charge in [-0.2, -0.15) is 5.10 Å². The third kappa shape index (κ3) is 3.46. The van der Waals surface area contributed by atoms with E-state index in [1.807, 2.05) is 30.6 Å². The van der Waals surface area contributed by atoms with Gasteiger partial charge < -0.3 is 9.80 Å². The molecule has 1 fully saturated rings. The van der Waals surface area contributed by atoms with Crippen molar-refractivity contribution in [3.63, 3.8) is 0 Å². The molecule has 3 rings (SSSR count). The molecule has 134 valence electrons. The molecule has 2 aromatic rings. The van der Waals surface area contributed by atoms with Gasteiger partial charge in [0.1, 0.15) is 6.04 Å². The minimum atomic E-state index is -0.376. The summed E-state index contributed by atoms with van der Waals surface area (Å²) in [4.78, 5) is 30.1. The van der Waals surface area contributed by atoms with Gasteiger partial charge in [-0.05, 0) is 23.9 Å². The summed E-state index contributed by atoms with van der Waals surface area (Å²) in [5.74, 6) is -0.122. The summed E-state index contributed by atoms with van der Waals surface area (Å²) in [5.41, 5.74) is 1.33. The van der Waals surface area contributed by atoms with Crippen LogP contribution in [0.2, 0.25) is 0 Å². The van der Waals surface area contributed by atoms with Crippen LogP contribution in [0, 0.1) is 0 Å². The number of carbonyl (C=O) groups is 2. The normalized spacial score (nSPS) is 18.0. The first-order valence-corrected chi connectivity index (χ1v) is 9.54. The van der Waals surface area contributed by atoms with E-state index in [-0.39, 0.29) is 17.9 Å². The van der Waals surface area contributed by atoms with Crippen LogP contribution in [-0.2, 0) is 11.8 Å². The van der Waals surface area contributed by atoms with Crippen LogP contribution in [0.1, 0.15) is 36.7 Å². The van der Waals surface area contributed by atoms with E-state index in [1.54, 1.807) is 32.9 Å². The van der Waals surface area contributed by atoms with Crippen molar-refractivity contribution in [3.8, 4) is 10.6 Å². The third-order valence-electron chi connectivity index (χ3n) is 4.68. The van der Waals surface area contributed by atoms with Crippen molar-refractivity contribution in [3.05, 3.63) is 29.3 Å². The molecule has 0 aromatic carbocycles. The molecule has 1 aliphatic rings. The second kappa shape index (κ2) is 7.39. The van der Waals surface area contributed by atoms with Crippen molar-refractivity contribution < 1.29 is 9.59 Å². The Hall–Kier alpha value is -2.15. The smallest absolute Gasteiger partial charge is 0.275 e. The third-order valence-corrected chi connectivity index (χ3v) is 5.57. The maximum Gasteiger partial charge on any atom is 0.275 e. The highest BCUT2D eigenvalue weighted by molar-refractivity contribution is 7.13. The number of amides is 2. The molecule has 1 aliphatic heterocycles. The Morgan fingerprint density at radius 1 is 1.36 bits per heavy atom. The number of hydrogen-bond acceptors (Lipinski definition) is 4. The molecule has 0 aliphatic carbocycles. The maximum absolute atomic E-state index is 13.0. The fraction of sp³-hybridized carbons (Fsp3) is 0.500. The van der Waals surface area contributed by atoms with Crippen LogP contribution in [0.5, 0.6) is 0 Å². The van der Waals surface area contributed by atoms with Gasteiger partial charge in [0.2, 0.25) is 5.91 Å². The van der Waals surface area contributed by atoms with Crippen LogP contribution in [-0.4, -0.2) is 57.6 Å². The summed E-state index contributed by atoms with van der Waals surface area (Å²) < 4.78 is 1.73. The summed E-state index contributed by atoms with van der Waals surface area (Å²) >= 11 is 1.62. The van der Waals surface area contributed by atoms with Crippen molar-refractivity contribution in [1.29, 1.82) is 0 Å². The molecule has 1 saturated heterocycles. The van der Waals surface area contributed by atoms with Gasteiger partial charge in [0.05, 0.1) is 10.6 Å². The molecule has 0 saturated carbocycles. The number of hydrogen-bond donors (Lipinski definition) is 0. The molecule has 7 heteroatoms. The lowest BCUT2D eigenvalue weighted by Crippen LogP contribution is -2.57. The summed E-state index contributed by atoms with van der Waals surface area (Å²) in [5, 5.41) is 6.41. The average molecular weight is 360 g/mol. The highest BCUT2D eigenvalue weighted by Crippen LogP contribution is 2.26. The van der Waals surface area contributed by atoms with Gasteiger partial charge in [0, 0.05) is 27.2 Å². The first-order valence-electron chi connectivity index (χ1n) is 8.66. The lowest BCUT2D eigenvalue weighted by molar-refractivity contribution is -0.138. The highest BCUT2D eigenvalue weighted by atomic mass is 32.1. The van der Waals surface area contributed by atoms with Crippen LogP contribution >= 0.6 is 11.3 Å². The first kappa shape index (κ1) is 17.7. The zero-order valence-electron chi connectivity index (χ0n) is 14.9. The molecule has 0 spiro atoms. The number of aryl methyl sites for hydroxylation is 1. The number of thiophene rings is 1. The zero-order chi connectivity index (χ0) is 18.0. The maximum atomic E-state index is 13.0. The number of aromatic nitrogens is 2. The van der Waals surface area contributed by atoms with Crippen molar-refractivity contribution in [1.82, 2.24) is 19.6 Å². The molecule has 2 aromatic heterocycles. The van der Waals surface area contributed by atoms with E-state index in [9.17, 15) is 9.59 Å². The Morgan fingerprint density at radius 2 is 2.16 bits per heavy atom. The Bertz CT molecular complexity index is 753. The van der Waals surface area contributed by atoms with Crippen LogP contribution in [0.15, 0.2) is 23.6 Å². The minimum Gasteiger partial charge on any atom is -0.342 e. The second-order valence-electron chi connectivity index (χ2n) is 6.43. The van der Waals surface area contributed by atoms with E-state index < -0.39 is 0 Å². The van der Waals surface area contributed by atoms with Crippen LogP contribution < -0.4 is 0 Å². The van der Waals surface area contributed by atoms with Crippen molar-refractivity contribution in [2.75, 3.05) is 20.1 Å². The Balaban J connectivity index is 1.86. The lowest BCUT2D eigenvalue weighted by Gasteiger charge is -2.38. The largest absolute Gasteiger partial charge is 0.342 e.